The largest absolute Gasteiger partial charge is 0.481 e. The van der Waals surface area contributed by atoms with Crippen molar-refractivity contribution in [3.63, 3.8) is 0 Å². The molecule has 1 fully saturated rings. The molecule has 5 nitrogen and oxygen atoms in total. The molecule has 1 aliphatic heterocycles. The average molecular weight is 261 g/mol. The number of morpholine rings is 1. The molecule has 1 saturated heterocycles. The number of hydrogen-bond donors (Lipinski definition) is 1. The highest BCUT2D eigenvalue weighted by atomic mass is 32.2. The number of nitrogens with zero attached hydrogens (tertiary/aromatic N) is 1. The van der Waals surface area contributed by atoms with Crippen LogP contribution in [0, 0.1) is 5.92 Å². The van der Waals surface area contributed by atoms with Gasteiger partial charge in [0.2, 0.25) is 5.91 Å². The molecule has 0 aromatic heterocycles. The van der Waals surface area contributed by atoms with E-state index in [1.165, 1.54) is 0 Å². The van der Waals surface area contributed by atoms with E-state index < -0.39 is 5.97 Å². The number of carboxylic acids is 1. The lowest BCUT2D eigenvalue weighted by molar-refractivity contribution is -0.149. The summed E-state index contributed by atoms with van der Waals surface area (Å²) in [6.45, 7) is 3.29. The van der Waals surface area contributed by atoms with Crippen molar-refractivity contribution in [2.45, 2.75) is 19.4 Å². The Labute approximate surface area is 105 Å². The Bertz CT molecular complexity index is 285. The minimum atomic E-state index is -0.888. The molecular formula is C11H19NO4S. The second-order valence-corrected chi connectivity index (χ2v) is 5.14. The predicted molar refractivity (Wildman–Crippen MR) is 66.1 cm³/mol. The maximum absolute atomic E-state index is 12.0. The fraction of sp³-hybridized carbons (Fsp3) is 0.818. The molecule has 98 valence electrons. The predicted octanol–water partition coefficient (Wildman–Crippen LogP) is 0.688. The lowest BCUT2D eigenvalue weighted by Gasteiger charge is -2.33. The second-order valence-electron chi connectivity index (χ2n) is 4.23. The van der Waals surface area contributed by atoms with Gasteiger partial charge in [-0.3, -0.25) is 9.59 Å². The third-order valence-corrected chi connectivity index (χ3v) is 3.52. The number of hydrogen-bond acceptors (Lipinski definition) is 4. The van der Waals surface area contributed by atoms with E-state index in [4.69, 9.17) is 9.84 Å². The molecule has 2 atom stereocenters. The number of ether oxygens (including phenoxy) is 1. The molecule has 1 aliphatic rings. The van der Waals surface area contributed by atoms with Gasteiger partial charge in [0.25, 0.3) is 0 Å². The van der Waals surface area contributed by atoms with Crippen LogP contribution in [0.15, 0.2) is 0 Å². The highest BCUT2D eigenvalue weighted by Gasteiger charge is 2.28. The number of carbonyl (C=O) groups excluding carboxylic acids is 1. The summed E-state index contributed by atoms with van der Waals surface area (Å²) < 4.78 is 5.33. The first-order valence-corrected chi connectivity index (χ1v) is 7.05. The summed E-state index contributed by atoms with van der Waals surface area (Å²) in [6.07, 6.45) is 1.56. The number of carboxylic acid groups (broad SMARTS) is 1. The van der Waals surface area contributed by atoms with Crippen molar-refractivity contribution in [2.75, 3.05) is 31.7 Å². The van der Waals surface area contributed by atoms with Gasteiger partial charge in [-0.15, -0.1) is 0 Å². The fourth-order valence-electron chi connectivity index (χ4n) is 1.87. The van der Waals surface area contributed by atoms with Crippen LogP contribution < -0.4 is 0 Å². The molecule has 0 saturated carbocycles. The quantitative estimate of drug-likeness (QED) is 0.788. The molecule has 0 unspecified atom stereocenters. The van der Waals surface area contributed by atoms with Gasteiger partial charge in [0.05, 0.1) is 19.1 Å². The van der Waals surface area contributed by atoms with Gasteiger partial charge in [-0.1, -0.05) is 6.92 Å². The third-order valence-electron chi connectivity index (χ3n) is 2.69. The van der Waals surface area contributed by atoms with Crippen molar-refractivity contribution in [3.8, 4) is 0 Å². The minimum Gasteiger partial charge on any atom is -0.481 e. The minimum absolute atomic E-state index is 0.0198. The Morgan fingerprint density at radius 3 is 2.88 bits per heavy atom. The standard InChI is InChI=1S/C11H19NO4S/c1-8(7-17-2)11(15)12-3-4-16-9(6-12)5-10(13)14/h8-9H,3-7H2,1-2H3,(H,13,14)/t8-,9+/m0/s1. The number of amides is 1. The normalized spacial score (nSPS) is 22.2. The van der Waals surface area contributed by atoms with Gasteiger partial charge in [-0.25, -0.2) is 0 Å². The van der Waals surface area contributed by atoms with E-state index in [-0.39, 0.29) is 24.3 Å². The van der Waals surface area contributed by atoms with E-state index in [0.717, 1.165) is 5.75 Å². The zero-order valence-corrected chi connectivity index (χ0v) is 11.0. The Morgan fingerprint density at radius 2 is 2.29 bits per heavy atom. The summed E-state index contributed by atoms with van der Waals surface area (Å²) in [4.78, 5) is 24.3. The first-order valence-electron chi connectivity index (χ1n) is 5.65. The molecule has 0 aromatic rings. The van der Waals surface area contributed by atoms with Gasteiger partial charge in [-0.05, 0) is 6.26 Å². The van der Waals surface area contributed by atoms with Crippen LogP contribution in [0.5, 0.6) is 0 Å². The molecule has 0 aliphatic carbocycles. The van der Waals surface area contributed by atoms with Crippen molar-refractivity contribution in [1.82, 2.24) is 4.90 Å². The average Bonchev–Trinajstić information content (AvgIpc) is 2.28. The summed E-state index contributed by atoms with van der Waals surface area (Å²) >= 11 is 1.64. The molecule has 0 spiro atoms. The van der Waals surface area contributed by atoms with Crippen LogP contribution in [-0.4, -0.2) is 59.7 Å². The summed E-state index contributed by atoms with van der Waals surface area (Å²) in [7, 11) is 0. The molecule has 1 rings (SSSR count). The lowest BCUT2D eigenvalue weighted by atomic mass is 10.1. The smallest absolute Gasteiger partial charge is 0.306 e. The number of thioether (sulfide) groups is 1. The maximum atomic E-state index is 12.0. The van der Waals surface area contributed by atoms with Crippen molar-refractivity contribution in [3.05, 3.63) is 0 Å². The van der Waals surface area contributed by atoms with E-state index in [9.17, 15) is 9.59 Å². The van der Waals surface area contributed by atoms with E-state index in [0.29, 0.717) is 19.7 Å². The maximum Gasteiger partial charge on any atom is 0.306 e. The molecule has 0 bridgehead atoms. The Morgan fingerprint density at radius 1 is 1.59 bits per heavy atom. The third kappa shape index (κ3) is 4.55. The molecule has 17 heavy (non-hydrogen) atoms. The van der Waals surface area contributed by atoms with Crippen molar-refractivity contribution in [1.29, 1.82) is 0 Å². The first kappa shape index (κ1) is 14.3. The number of aliphatic carboxylic acids is 1. The molecule has 1 amide bonds. The van der Waals surface area contributed by atoms with E-state index in [1.54, 1.807) is 16.7 Å². The van der Waals surface area contributed by atoms with Gasteiger partial charge in [0.15, 0.2) is 0 Å². The van der Waals surface area contributed by atoms with E-state index in [1.807, 2.05) is 13.2 Å². The highest BCUT2D eigenvalue weighted by Crippen LogP contribution is 2.14. The summed E-state index contributed by atoms with van der Waals surface area (Å²) in [5.74, 6) is -0.0205. The highest BCUT2D eigenvalue weighted by molar-refractivity contribution is 7.98. The Balaban J connectivity index is 2.48. The van der Waals surface area contributed by atoms with Gasteiger partial charge in [-0.2, -0.15) is 11.8 Å². The Kier molecular flexibility index (Phi) is 5.77. The van der Waals surface area contributed by atoms with Crippen LogP contribution >= 0.6 is 11.8 Å². The van der Waals surface area contributed by atoms with Crippen LogP contribution in [0.25, 0.3) is 0 Å². The van der Waals surface area contributed by atoms with Crippen LogP contribution in [0.3, 0.4) is 0 Å². The van der Waals surface area contributed by atoms with Crippen molar-refractivity contribution < 1.29 is 19.4 Å². The Hall–Kier alpha value is -0.750. The molecule has 1 N–H and O–H groups in total. The van der Waals surface area contributed by atoms with Gasteiger partial charge in [0, 0.05) is 24.8 Å². The molecular weight excluding hydrogens is 242 g/mol. The summed E-state index contributed by atoms with van der Waals surface area (Å²) in [6, 6.07) is 0. The molecule has 0 aromatic carbocycles. The SMILES string of the molecule is CSC[C@H](C)C(=O)N1CCO[C@H](CC(=O)O)C1. The van der Waals surface area contributed by atoms with E-state index >= 15 is 0 Å². The van der Waals surface area contributed by atoms with Crippen LogP contribution in [0.1, 0.15) is 13.3 Å². The first-order chi connectivity index (χ1) is 8.04. The monoisotopic (exact) mass is 261 g/mol. The zero-order chi connectivity index (χ0) is 12.8. The second kappa shape index (κ2) is 6.86. The fourth-order valence-corrected chi connectivity index (χ4v) is 2.51. The van der Waals surface area contributed by atoms with Gasteiger partial charge < -0.3 is 14.7 Å². The molecule has 6 heteroatoms. The van der Waals surface area contributed by atoms with Crippen LogP contribution in [0.4, 0.5) is 0 Å². The van der Waals surface area contributed by atoms with Gasteiger partial charge >= 0.3 is 5.97 Å². The molecule has 1 heterocycles. The van der Waals surface area contributed by atoms with Crippen molar-refractivity contribution in [2.24, 2.45) is 5.92 Å². The van der Waals surface area contributed by atoms with Crippen LogP contribution in [0.2, 0.25) is 0 Å². The zero-order valence-electron chi connectivity index (χ0n) is 10.2. The lowest BCUT2D eigenvalue weighted by Crippen LogP contribution is -2.48. The summed E-state index contributed by atoms with van der Waals surface area (Å²) in [5, 5.41) is 8.70. The van der Waals surface area contributed by atoms with Gasteiger partial charge in [0.1, 0.15) is 0 Å². The summed E-state index contributed by atoms with van der Waals surface area (Å²) in [5.41, 5.74) is 0. The topological polar surface area (TPSA) is 66.8 Å². The van der Waals surface area contributed by atoms with E-state index in [2.05, 4.69) is 0 Å². The van der Waals surface area contributed by atoms with Crippen LogP contribution in [-0.2, 0) is 14.3 Å². The number of rotatable bonds is 5. The molecule has 0 radical (unpaired) electrons. The number of carbonyl (C=O) groups is 2. The van der Waals surface area contributed by atoms with Crippen molar-refractivity contribution >= 4 is 23.6 Å².